The van der Waals surface area contributed by atoms with Crippen molar-refractivity contribution in [2.24, 2.45) is 55.1 Å². The second kappa shape index (κ2) is 20.2. The molecule has 3 atom stereocenters. The number of aliphatic imine (C=N–C) groups is 3. The molecule has 4 amide bonds. The third kappa shape index (κ3) is 12.6. The molecule has 17 nitrogen and oxygen atoms in total. The largest absolute Gasteiger partial charge is 0.370 e. The van der Waals surface area contributed by atoms with Crippen molar-refractivity contribution >= 4 is 73.8 Å². The molecule has 0 saturated heterocycles. The van der Waals surface area contributed by atoms with Crippen molar-refractivity contribution in [2.45, 2.75) is 75.9 Å². The van der Waals surface area contributed by atoms with Crippen LogP contribution in [0.1, 0.15) is 56.9 Å². The first-order chi connectivity index (χ1) is 26.3. The van der Waals surface area contributed by atoms with Gasteiger partial charge in [-0.3, -0.25) is 34.2 Å². The van der Waals surface area contributed by atoms with Gasteiger partial charge in [0.2, 0.25) is 23.6 Å². The smallest absolute Gasteiger partial charge is 0.243 e. The maximum Gasteiger partial charge on any atom is 0.243 e. The van der Waals surface area contributed by atoms with E-state index in [1.165, 1.54) is 21.5 Å². The lowest BCUT2D eigenvalue weighted by molar-refractivity contribution is -0.133. The zero-order chi connectivity index (χ0) is 39.9. The van der Waals surface area contributed by atoms with Crippen LogP contribution in [0.2, 0.25) is 0 Å². The highest BCUT2D eigenvalue weighted by Crippen LogP contribution is 2.35. The monoisotopic (exact) mass is 755 g/mol. The zero-order valence-corrected chi connectivity index (χ0v) is 30.9. The van der Waals surface area contributed by atoms with Gasteiger partial charge in [0.25, 0.3) is 0 Å². The number of benzene rings is 4. The third-order valence-electron chi connectivity index (χ3n) is 9.17. The van der Waals surface area contributed by atoms with Crippen LogP contribution in [0, 0.1) is 0 Å². The van der Waals surface area contributed by atoms with Crippen LogP contribution in [0.15, 0.2) is 69.6 Å². The fraction of sp³-hybridized carbons (Fsp3) is 0.395. The van der Waals surface area contributed by atoms with E-state index < -0.39 is 35.8 Å². The van der Waals surface area contributed by atoms with Gasteiger partial charge in [0.1, 0.15) is 18.1 Å². The summed E-state index contributed by atoms with van der Waals surface area (Å²) in [6.07, 6.45) is 2.83. The average Bonchev–Trinajstić information content (AvgIpc) is 3.13. The highest BCUT2D eigenvalue weighted by molar-refractivity contribution is 6.23. The molecule has 0 spiro atoms. The minimum absolute atomic E-state index is 0.100. The number of aryl methyl sites for hydroxylation is 1. The summed E-state index contributed by atoms with van der Waals surface area (Å²) in [6, 6.07) is 16.0. The highest BCUT2D eigenvalue weighted by Gasteiger charge is 2.29. The SMILES string of the molecule is NC(=O)[C@H](CCCN=C(N)N)NC(=O)[C@H](CCCN=C(N)N)NC(=O)[C@H](CCCN=C(N)N)NC(=O)CCCc1cc2ccc3cccc4ccc(c1)c2c34. The first-order valence-electron chi connectivity index (χ1n) is 18.3. The van der Waals surface area contributed by atoms with Crippen LogP contribution < -0.4 is 56.1 Å². The predicted molar refractivity (Wildman–Crippen MR) is 218 cm³/mol. The number of primary amides is 1. The Kier molecular flexibility index (Phi) is 15.2. The van der Waals surface area contributed by atoms with Crippen molar-refractivity contribution in [3.05, 3.63) is 60.2 Å². The van der Waals surface area contributed by atoms with Crippen LogP contribution in [-0.2, 0) is 25.6 Å². The minimum atomic E-state index is -1.12. The van der Waals surface area contributed by atoms with Gasteiger partial charge in [-0.25, -0.2) is 0 Å². The highest BCUT2D eigenvalue weighted by atomic mass is 16.2. The first-order valence-corrected chi connectivity index (χ1v) is 18.3. The summed E-state index contributed by atoms with van der Waals surface area (Å²) in [5.41, 5.74) is 39.2. The molecule has 294 valence electrons. The molecule has 55 heavy (non-hydrogen) atoms. The van der Waals surface area contributed by atoms with Gasteiger partial charge >= 0.3 is 0 Å². The Bertz CT molecular complexity index is 1970. The minimum Gasteiger partial charge on any atom is -0.370 e. The molecule has 0 aliphatic rings. The van der Waals surface area contributed by atoms with E-state index >= 15 is 0 Å². The summed E-state index contributed by atoms with van der Waals surface area (Å²) >= 11 is 0. The molecule has 0 aromatic heterocycles. The molecule has 0 aliphatic carbocycles. The number of nitrogens with two attached hydrogens (primary N) is 7. The van der Waals surface area contributed by atoms with E-state index in [-0.39, 0.29) is 69.1 Å². The lowest BCUT2D eigenvalue weighted by Gasteiger charge is -2.25. The molecule has 0 heterocycles. The standard InChI is InChI=1S/C38H53N13O4/c39-33(53)27(9-3-17-46-36(40)41)50-35(55)29(11-5-19-48-38(44)45)51-34(54)28(10-4-18-47-37(42)43)49-30(52)12-1-6-22-20-25-15-13-23-7-2-8-24-14-16-26(21-22)32(25)31(23)24/h2,7-8,13-16,20-21,27-29H,1,3-6,9-12,17-19H2,(H2,39,53)(H,49,52)(H,50,55)(H,51,54)(H4,40,41,46)(H4,42,43,47)(H4,44,45,48)/t27-,28-,29-/m0/s1. The van der Waals surface area contributed by atoms with Crippen LogP contribution in [0.5, 0.6) is 0 Å². The molecule has 0 aliphatic heterocycles. The summed E-state index contributed by atoms with van der Waals surface area (Å²) in [7, 11) is 0. The van der Waals surface area contributed by atoms with Crippen LogP contribution in [-0.4, -0.2) is 79.3 Å². The zero-order valence-electron chi connectivity index (χ0n) is 30.9. The molecular weight excluding hydrogens is 703 g/mol. The Morgan fingerprint density at radius 2 is 0.945 bits per heavy atom. The summed E-state index contributed by atoms with van der Waals surface area (Å²) in [5.74, 6) is -2.68. The predicted octanol–water partition coefficient (Wildman–Crippen LogP) is 0.00720. The second-order valence-electron chi connectivity index (χ2n) is 13.5. The molecule has 0 unspecified atom stereocenters. The van der Waals surface area contributed by atoms with Crippen LogP contribution in [0.4, 0.5) is 0 Å². The van der Waals surface area contributed by atoms with E-state index in [9.17, 15) is 19.2 Å². The van der Waals surface area contributed by atoms with Gasteiger partial charge in [0, 0.05) is 26.1 Å². The molecule has 17 N–H and O–H groups in total. The Morgan fingerprint density at radius 3 is 1.42 bits per heavy atom. The average molecular weight is 756 g/mol. The maximum atomic E-state index is 13.8. The number of carbonyl (C=O) groups is 4. The van der Waals surface area contributed by atoms with Crippen molar-refractivity contribution in [3.8, 4) is 0 Å². The molecule has 4 aromatic rings. The molecule has 0 saturated carbocycles. The van der Waals surface area contributed by atoms with Gasteiger partial charge in [-0.05, 0) is 89.2 Å². The van der Waals surface area contributed by atoms with Crippen LogP contribution in [0.3, 0.4) is 0 Å². The number of guanidine groups is 3. The first kappa shape index (κ1) is 41.4. The van der Waals surface area contributed by atoms with E-state index in [0.29, 0.717) is 32.1 Å². The number of rotatable bonds is 22. The summed E-state index contributed by atoms with van der Waals surface area (Å²) in [6.45, 7) is 0.631. The molecule has 0 radical (unpaired) electrons. The summed E-state index contributed by atoms with van der Waals surface area (Å²) in [4.78, 5) is 64.5. The Morgan fingerprint density at radius 1 is 0.527 bits per heavy atom. The van der Waals surface area contributed by atoms with Crippen molar-refractivity contribution < 1.29 is 19.2 Å². The lowest BCUT2D eigenvalue weighted by Crippen LogP contribution is -2.56. The number of carbonyl (C=O) groups excluding carboxylic acids is 4. The normalized spacial score (nSPS) is 12.7. The van der Waals surface area contributed by atoms with E-state index in [2.05, 4.69) is 85.5 Å². The number of nitrogens with zero attached hydrogens (tertiary/aromatic N) is 3. The quantitative estimate of drug-likeness (QED) is 0.0222. The molecule has 0 fully saturated rings. The van der Waals surface area contributed by atoms with E-state index in [1.807, 2.05) is 0 Å². The van der Waals surface area contributed by atoms with E-state index in [1.54, 1.807) is 0 Å². The van der Waals surface area contributed by atoms with Gasteiger partial charge in [-0.1, -0.05) is 54.6 Å². The van der Waals surface area contributed by atoms with Crippen molar-refractivity contribution in [2.75, 3.05) is 19.6 Å². The molecule has 4 rings (SSSR count). The fourth-order valence-corrected chi connectivity index (χ4v) is 6.56. The second-order valence-corrected chi connectivity index (χ2v) is 13.5. The van der Waals surface area contributed by atoms with Gasteiger partial charge in [-0.15, -0.1) is 0 Å². The fourth-order valence-electron chi connectivity index (χ4n) is 6.56. The number of nitrogens with one attached hydrogen (secondary N) is 3. The molecule has 17 heteroatoms. The number of hydrogen-bond donors (Lipinski definition) is 10. The summed E-state index contributed by atoms with van der Waals surface area (Å²) in [5, 5.41) is 15.3. The molecule has 4 aromatic carbocycles. The van der Waals surface area contributed by atoms with Crippen molar-refractivity contribution in [1.29, 1.82) is 0 Å². The number of amides is 4. The summed E-state index contributed by atoms with van der Waals surface area (Å²) < 4.78 is 0. The van der Waals surface area contributed by atoms with Gasteiger partial charge < -0.3 is 56.1 Å². The van der Waals surface area contributed by atoms with E-state index in [0.717, 1.165) is 16.3 Å². The maximum absolute atomic E-state index is 13.8. The van der Waals surface area contributed by atoms with Crippen molar-refractivity contribution in [3.63, 3.8) is 0 Å². The third-order valence-corrected chi connectivity index (χ3v) is 9.17. The number of hydrogen-bond acceptors (Lipinski definition) is 7. The Hall–Kier alpha value is -6.39. The van der Waals surface area contributed by atoms with Crippen LogP contribution >= 0.6 is 0 Å². The molecule has 0 bridgehead atoms. The Balaban J connectivity index is 1.43. The lowest BCUT2D eigenvalue weighted by atomic mass is 9.92. The molecular formula is C38H53N13O4. The Labute approximate surface area is 319 Å². The van der Waals surface area contributed by atoms with E-state index in [4.69, 9.17) is 40.1 Å². The topological polar surface area (TPSA) is 324 Å². The van der Waals surface area contributed by atoms with Gasteiger partial charge in [0.05, 0.1) is 0 Å². The van der Waals surface area contributed by atoms with Gasteiger partial charge in [-0.2, -0.15) is 0 Å². The van der Waals surface area contributed by atoms with Gasteiger partial charge in [0.15, 0.2) is 17.9 Å². The van der Waals surface area contributed by atoms with Crippen molar-refractivity contribution in [1.82, 2.24) is 16.0 Å². The van der Waals surface area contributed by atoms with Crippen LogP contribution in [0.25, 0.3) is 32.3 Å².